The Morgan fingerprint density at radius 2 is 2.04 bits per heavy atom. The fourth-order valence-corrected chi connectivity index (χ4v) is 5.18. The zero-order chi connectivity index (χ0) is 19.3. The number of thioether (sulfide) groups is 1. The van der Waals surface area contributed by atoms with Gasteiger partial charge in [-0.15, -0.1) is 23.1 Å². The topological polar surface area (TPSA) is 74.6 Å². The zero-order valence-corrected chi connectivity index (χ0v) is 16.9. The highest BCUT2D eigenvalue weighted by atomic mass is 32.2. The number of aliphatic imine (C=N–C) groups is 1. The highest BCUT2D eigenvalue weighted by Crippen LogP contribution is 2.31. The minimum atomic E-state index is -0.873. The third kappa shape index (κ3) is 4.54. The number of nitrogens with one attached hydrogen (secondary N) is 1. The first-order valence-electron chi connectivity index (χ1n) is 9.31. The van der Waals surface area contributed by atoms with Crippen LogP contribution in [0.1, 0.15) is 23.4 Å². The largest absolute Gasteiger partial charge is 0.480 e. The van der Waals surface area contributed by atoms with Crippen LogP contribution in [0, 0.1) is 0 Å². The number of hydrogen-bond acceptors (Lipinski definition) is 6. The van der Waals surface area contributed by atoms with Crippen molar-refractivity contribution in [3.8, 4) is 0 Å². The lowest BCUT2D eigenvalue weighted by Gasteiger charge is -2.06. The van der Waals surface area contributed by atoms with Crippen molar-refractivity contribution in [2.45, 2.75) is 25.3 Å². The van der Waals surface area contributed by atoms with Crippen molar-refractivity contribution in [2.75, 3.05) is 17.6 Å². The number of aliphatic carboxylic acids is 1. The normalized spacial score (nSPS) is 16.3. The van der Waals surface area contributed by atoms with Gasteiger partial charge in [0.25, 0.3) is 0 Å². The van der Waals surface area contributed by atoms with E-state index in [1.165, 1.54) is 17.3 Å². The SMILES string of the molecule is O=C(O)[C@H]1CSC(c2nc3ccc(NCCCCc4ccccc4)cc3s2)=N1. The van der Waals surface area contributed by atoms with Gasteiger partial charge in [-0.2, -0.15) is 0 Å². The van der Waals surface area contributed by atoms with Crippen LogP contribution in [0.5, 0.6) is 0 Å². The summed E-state index contributed by atoms with van der Waals surface area (Å²) in [6, 6.07) is 16.1. The average molecular weight is 412 g/mol. The molecule has 0 aliphatic carbocycles. The van der Waals surface area contributed by atoms with Crippen LogP contribution in [-0.4, -0.2) is 39.4 Å². The van der Waals surface area contributed by atoms with Crippen LogP contribution in [0.15, 0.2) is 53.5 Å². The molecule has 1 aliphatic heterocycles. The van der Waals surface area contributed by atoms with Crippen molar-refractivity contribution in [3.63, 3.8) is 0 Å². The minimum Gasteiger partial charge on any atom is -0.480 e. The predicted molar refractivity (Wildman–Crippen MR) is 118 cm³/mol. The average Bonchev–Trinajstić information content (AvgIpc) is 3.35. The minimum absolute atomic E-state index is 0.483. The highest BCUT2D eigenvalue weighted by Gasteiger charge is 2.26. The smallest absolute Gasteiger partial charge is 0.329 e. The third-order valence-corrected chi connectivity index (χ3v) is 6.78. The Morgan fingerprint density at radius 3 is 2.82 bits per heavy atom. The third-order valence-electron chi connectivity index (χ3n) is 4.57. The van der Waals surface area contributed by atoms with E-state index in [0.717, 1.165) is 51.8 Å². The molecule has 1 aromatic heterocycles. The Hall–Kier alpha value is -2.38. The number of aryl methyl sites for hydroxylation is 1. The Bertz CT molecular complexity index is 1000. The van der Waals surface area contributed by atoms with Crippen LogP contribution in [0.2, 0.25) is 0 Å². The molecule has 7 heteroatoms. The summed E-state index contributed by atoms with van der Waals surface area (Å²) in [4.78, 5) is 20.0. The molecule has 4 rings (SSSR count). The molecule has 2 N–H and O–H groups in total. The first kappa shape index (κ1) is 19.0. The molecule has 0 spiro atoms. The number of hydrogen-bond donors (Lipinski definition) is 2. The second-order valence-electron chi connectivity index (χ2n) is 6.67. The Morgan fingerprint density at radius 1 is 1.18 bits per heavy atom. The summed E-state index contributed by atoms with van der Waals surface area (Å²) in [6.45, 7) is 0.937. The van der Waals surface area contributed by atoms with Crippen LogP contribution in [0.25, 0.3) is 10.2 Å². The first-order valence-corrected chi connectivity index (χ1v) is 11.1. The maximum atomic E-state index is 11.1. The zero-order valence-electron chi connectivity index (χ0n) is 15.3. The van der Waals surface area contributed by atoms with Gasteiger partial charge in [0.05, 0.1) is 10.2 Å². The maximum absolute atomic E-state index is 11.1. The molecule has 0 radical (unpaired) electrons. The summed E-state index contributed by atoms with van der Waals surface area (Å²) in [6.07, 6.45) is 3.38. The molecule has 1 aliphatic rings. The fourth-order valence-electron chi connectivity index (χ4n) is 3.07. The standard InChI is InChI=1S/C21H21N3O2S2/c25-21(26)17-13-27-19(24-17)20-23-16-10-9-15(12-18(16)28-20)22-11-5-4-8-14-6-2-1-3-7-14/h1-3,6-7,9-10,12,17,22H,4-5,8,11,13H2,(H,25,26)/t17-/m1/s1. The summed E-state index contributed by atoms with van der Waals surface area (Å²) >= 11 is 3.04. The number of carboxylic acid groups (broad SMARTS) is 1. The first-order chi connectivity index (χ1) is 13.7. The summed E-state index contributed by atoms with van der Waals surface area (Å²) < 4.78 is 1.09. The summed E-state index contributed by atoms with van der Waals surface area (Å²) in [5.41, 5.74) is 3.41. The van der Waals surface area contributed by atoms with Crippen LogP contribution < -0.4 is 5.32 Å². The molecule has 2 heterocycles. The number of unbranched alkanes of at least 4 members (excludes halogenated alkanes) is 1. The Kier molecular flexibility index (Phi) is 5.92. The van der Waals surface area contributed by atoms with Gasteiger partial charge in [0.2, 0.25) is 0 Å². The van der Waals surface area contributed by atoms with Gasteiger partial charge in [0, 0.05) is 18.0 Å². The number of thiazole rings is 1. The molecule has 0 saturated carbocycles. The van der Waals surface area contributed by atoms with Gasteiger partial charge in [-0.25, -0.2) is 9.78 Å². The molecule has 0 amide bonds. The molecule has 28 heavy (non-hydrogen) atoms. The second-order valence-corrected chi connectivity index (χ2v) is 8.71. The molecule has 144 valence electrons. The predicted octanol–water partition coefficient (Wildman–Crippen LogP) is 4.68. The van der Waals surface area contributed by atoms with Crippen molar-refractivity contribution in [1.29, 1.82) is 0 Å². The summed E-state index contributed by atoms with van der Waals surface area (Å²) in [7, 11) is 0. The van der Waals surface area contributed by atoms with Gasteiger partial charge in [0.15, 0.2) is 6.04 Å². The molecule has 5 nitrogen and oxygen atoms in total. The second kappa shape index (κ2) is 8.75. The van der Waals surface area contributed by atoms with E-state index in [2.05, 4.69) is 51.7 Å². The molecule has 3 aromatic rings. The van der Waals surface area contributed by atoms with Crippen LogP contribution in [-0.2, 0) is 11.2 Å². The van der Waals surface area contributed by atoms with Gasteiger partial charge < -0.3 is 10.4 Å². The molecular formula is C21H21N3O2S2. The van der Waals surface area contributed by atoms with Crippen molar-refractivity contribution >= 4 is 50.0 Å². The van der Waals surface area contributed by atoms with Crippen molar-refractivity contribution < 1.29 is 9.90 Å². The number of nitrogens with zero attached hydrogens (tertiary/aromatic N) is 2. The molecule has 0 fully saturated rings. The molecule has 0 bridgehead atoms. The van der Waals surface area contributed by atoms with E-state index < -0.39 is 12.0 Å². The number of carbonyl (C=O) groups is 1. The number of anilines is 1. The van der Waals surface area contributed by atoms with E-state index in [1.54, 1.807) is 11.3 Å². The monoisotopic (exact) mass is 411 g/mol. The fraction of sp³-hybridized carbons (Fsp3) is 0.286. The molecule has 0 unspecified atom stereocenters. The summed E-state index contributed by atoms with van der Waals surface area (Å²) in [5, 5.41) is 14.1. The lowest BCUT2D eigenvalue weighted by Crippen LogP contribution is -2.17. The van der Waals surface area contributed by atoms with Gasteiger partial charge in [-0.1, -0.05) is 30.3 Å². The van der Waals surface area contributed by atoms with E-state index in [-0.39, 0.29) is 0 Å². The van der Waals surface area contributed by atoms with Gasteiger partial charge in [0.1, 0.15) is 10.1 Å². The number of fused-ring (bicyclic) bond motifs is 1. The number of rotatable bonds is 8. The highest BCUT2D eigenvalue weighted by molar-refractivity contribution is 8.15. The van der Waals surface area contributed by atoms with E-state index in [9.17, 15) is 4.79 Å². The van der Waals surface area contributed by atoms with Crippen LogP contribution >= 0.6 is 23.1 Å². The number of benzene rings is 2. The number of aromatic nitrogens is 1. The molecular weight excluding hydrogens is 390 g/mol. The lowest BCUT2D eigenvalue weighted by atomic mass is 10.1. The maximum Gasteiger partial charge on any atom is 0.329 e. The van der Waals surface area contributed by atoms with Crippen molar-refractivity contribution in [1.82, 2.24) is 4.98 Å². The van der Waals surface area contributed by atoms with Gasteiger partial charge in [-0.05, 0) is 43.0 Å². The summed E-state index contributed by atoms with van der Waals surface area (Å²) in [5.74, 6) is -0.390. The van der Waals surface area contributed by atoms with E-state index >= 15 is 0 Å². The molecule has 2 aromatic carbocycles. The Labute approximate surface area is 171 Å². The van der Waals surface area contributed by atoms with Crippen molar-refractivity contribution in [3.05, 3.63) is 59.1 Å². The van der Waals surface area contributed by atoms with Crippen LogP contribution in [0.3, 0.4) is 0 Å². The van der Waals surface area contributed by atoms with Gasteiger partial charge >= 0.3 is 5.97 Å². The molecule has 1 atom stereocenters. The number of carboxylic acids is 1. The van der Waals surface area contributed by atoms with Crippen molar-refractivity contribution in [2.24, 2.45) is 4.99 Å². The molecule has 0 saturated heterocycles. The van der Waals surface area contributed by atoms with Crippen LogP contribution in [0.4, 0.5) is 5.69 Å². The van der Waals surface area contributed by atoms with E-state index in [0.29, 0.717) is 5.75 Å². The lowest BCUT2D eigenvalue weighted by molar-refractivity contribution is -0.137. The Balaban J connectivity index is 1.33. The van der Waals surface area contributed by atoms with E-state index in [1.807, 2.05) is 12.1 Å². The quantitative estimate of drug-likeness (QED) is 0.527. The van der Waals surface area contributed by atoms with E-state index in [4.69, 9.17) is 5.11 Å². The van der Waals surface area contributed by atoms with Gasteiger partial charge in [-0.3, -0.25) is 4.99 Å².